The third-order valence-corrected chi connectivity index (χ3v) is 9.68. The number of amides is 1. The SMILES string of the molecule is O=C(NCCc1ccc2c(c1)OCO2)C1CCN(S(=O)(=O)c2sccc2Br)CC1. The molecule has 2 aromatic rings. The maximum atomic E-state index is 12.7. The Morgan fingerprint density at radius 2 is 1.97 bits per heavy atom. The molecule has 4 rings (SSSR count). The molecule has 1 amide bonds. The molecule has 0 aliphatic carbocycles. The number of carbonyl (C=O) groups is 1. The Balaban J connectivity index is 1.25. The lowest BCUT2D eigenvalue weighted by Crippen LogP contribution is -2.43. The van der Waals surface area contributed by atoms with E-state index in [1.54, 1.807) is 11.4 Å². The van der Waals surface area contributed by atoms with Gasteiger partial charge in [0.25, 0.3) is 10.0 Å². The average molecular weight is 501 g/mol. The van der Waals surface area contributed by atoms with Crippen LogP contribution in [0.1, 0.15) is 18.4 Å². The maximum Gasteiger partial charge on any atom is 0.253 e. The van der Waals surface area contributed by atoms with Gasteiger partial charge in [0.15, 0.2) is 11.5 Å². The monoisotopic (exact) mass is 500 g/mol. The molecule has 1 aromatic carbocycles. The second-order valence-corrected chi connectivity index (χ2v) is 10.9. The van der Waals surface area contributed by atoms with Gasteiger partial charge in [0.1, 0.15) is 4.21 Å². The van der Waals surface area contributed by atoms with Gasteiger partial charge in [0.2, 0.25) is 12.7 Å². The van der Waals surface area contributed by atoms with Gasteiger partial charge in [-0.3, -0.25) is 4.79 Å². The van der Waals surface area contributed by atoms with Crippen LogP contribution >= 0.6 is 27.3 Å². The molecule has 29 heavy (non-hydrogen) atoms. The molecule has 7 nitrogen and oxygen atoms in total. The third kappa shape index (κ3) is 4.45. The van der Waals surface area contributed by atoms with Crippen LogP contribution in [0, 0.1) is 5.92 Å². The fraction of sp³-hybridized carbons (Fsp3) is 0.421. The van der Waals surface area contributed by atoms with Crippen LogP contribution in [0.3, 0.4) is 0 Å². The smallest absolute Gasteiger partial charge is 0.253 e. The van der Waals surface area contributed by atoms with Crippen LogP contribution in [0.4, 0.5) is 0 Å². The summed E-state index contributed by atoms with van der Waals surface area (Å²) in [5, 5.41) is 4.72. The molecule has 2 aliphatic heterocycles. The molecule has 1 N–H and O–H groups in total. The van der Waals surface area contributed by atoms with Gasteiger partial charge in [-0.1, -0.05) is 6.07 Å². The van der Waals surface area contributed by atoms with Gasteiger partial charge in [-0.15, -0.1) is 11.3 Å². The predicted molar refractivity (Wildman–Crippen MR) is 113 cm³/mol. The molecule has 3 heterocycles. The quantitative estimate of drug-likeness (QED) is 0.658. The Labute approximate surface area is 182 Å². The van der Waals surface area contributed by atoms with Crippen molar-refractivity contribution in [2.45, 2.75) is 23.5 Å². The lowest BCUT2D eigenvalue weighted by molar-refractivity contribution is -0.126. The molecule has 1 fully saturated rings. The van der Waals surface area contributed by atoms with E-state index < -0.39 is 10.0 Å². The van der Waals surface area contributed by atoms with Gasteiger partial charge in [-0.25, -0.2) is 8.42 Å². The van der Waals surface area contributed by atoms with Crippen molar-refractivity contribution in [3.05, 3.63) is 39.7 Å². The van der Waals surface area contributed by atoms with Gasteiger partial charge in [-0.05, 0) is 64.3 Å². The normalized spacial score (nSPS) is 17.4. The van der Waals surface area contributed by atoms with Gasteiger partial charge in [-0.2, -0.15) is 4.31 Å². The molecule has 0 bridgehead atoms. The number of hydrogen-bond donors (Lipinski definition) is 1. The largest absolute Gasteiger partial charge is 0.454 e. The number of benzene rings is 1. The first-order chi connectivity index (χ1) is 13.9. The van der Waals surface area contributed by atoms with E-state index in [2.05, 4.69) is 21.2 Å². The fourth-order valence-corrected chi connectivity index (χ4v) is 7.43. The van der Waals surface area contributed by atoms with Crippen LogP contribution in [0.2, 0.25) is 0 Å². The minimum atomic E-state index is -3.51. The molecule has 10 heteroatoms. The van der Waals surface area contributed by atoms with Gasteiger partial charge in [0, 0.05) is 30.0 Å². The number of sulfonamides is 1. The summed E-state index contributed by atoms with van der Waals surface area (Å²) in [5.74, 6) is 1.30. The first-order valence-corrected chi connectivity index (χ1v) is 12.5. The molecule has 0 saturated carbocycles. The van der Waals surface area contributed by atoms with E-state index in [1.807, 2.05) is 18.2 Å². The lowest BCUT2D eigenvalue weighted by atomic mass is 9.97. The highest BCUT2D eigenvalue weighted by atomic mass is 79.9. The first kappa shape index (κ1) is 20.6. The van der Waals surface area contributed by atoms with E-state index >= 15 is 0 Å². The second kappa shape index (κ2) is 8.63. The van der Waals surface area contributed by atoms with Crippen LogP contribution in [0.25, 0.3) is 0 Å². The van der Waals surface area contributed by atoms with E-state index in [4.69, 9.17) is 9.47 Å². The molecular formula is C19H21BrN2O5S2. The summed E-state index contributed by atoms with van der Waals surface area (Å²) in [4.78, 5) is 12.5. The highest BCUT2D eigenvalue weighted by Crippen LogP contribution is 2.33. The number of nitrogens with zero attached hydrogens (tertiary/aromatic N) is 1. The minimum absolute atomic E-state index is 0.0138. The van der Waals surface area contributed by atoms with E-state index in [0.717, 1.165) is 17.1 Å². The molecule has 156 valence electrons. The molecular weight excluding hydrogens is 480 g/mol. The molecule has 0 unspecified atom stereocenters. The van der Waals surface area contributed by atoms with Gasteiger partial charge >= 0.3 is 0 Å². The zero-order valence-corrected chi connectivity index (χ0v) is 18.8. The zero-order valence-electron chi connectivity index (χ0n) is 15.6. The summed E-state index contributed by atoms with van der Waals surface area (Å²) in [7, 11) is -3.51. The number of hydrogen-bond acceptors (Lipinski definition) is 6. The fourth-order valence-electron chi connectivity index (χ4n) is 3.51. The van der Waals surface area contributed by atoms with Crippen molar-refractivity contribution >= 4 is 43.2 Å². The molecule has 1 aromatic heterocycles. The molecule has 2 aliphatic rings. The minimum Gasteiger partial charge on any atom is -0.454 e. The molecule has 0 atom stereocenters. The van der Waals surface area contributed by atoms with Crippen molar-refractivity contribution in [2.24, 2.45) is 5.92 Å². The number of piperidine rings is 1. The van der Waals surface area contributed by atoms with Crippen LogP contribution in [-0.4, -0.2) is 45.1 Å². The van der Waals surface area contributed by atoms with Crippen molar-refractivity contribution in [1.29, 1.82) is 0 Å². The zero-order chi connectivity index (χ0) is 20.4. The van der Waals surface area contributed by atoms with Gasteiger partial charge < -0.3 is 14.8 Å². The Kier molecular flexibility index (Phi) is 6.14. The second-order valence-electron chi connectivity index (χ2n) is 6.96. The number of carbonyl (C=O) groups excluding carboxylic acids is 1. The number of thiophene rings is 1. The van der Waals surface area contributed by atoms with Crippen LogP contribution in [0.5, 0.6) is 11.5 Å². The van der Waals surface area contributed by atoms with E-state index in [1.165, 1.54) is 15.6 Å². The predicted octanol–water partition coefficient (Wildman–Crippen LogP) is 3.00. The summed E-state index contributed by atoms with van der Waals surface area (Å²) in [5.41, 5.74) is 1.07. The average Bonchev–Trinajstić information content (AvgIpc) is 3.36. The van der Waals surface area contributed by atoms with Crippen molar-refractivity contribution < 1.29 is 22.7 Å². The van der Waals surface area contributed by atoms with Crippen LogP contribution < -0.4 is 14.8 Å². The Morgan fingerprint density at radius 1 is 1.21 bits per heavy atom. The number of fused-ring (bicyclic) bond motifs is 1. The Bertz CT molecular complexity index is 1000. The summed E-state index contributed by atoms with van der Waals surface area (Å²) in [6.45, 7) is 1.48. The standard InChI is InChI=1S/C19H21BrN2O5S2/c20-15-6-10-28-19(15)29(24,25)22-8-4-14(5-9-22)18(23)21-7-3-13-1-2-16-17(11-13)27-12-26-16/h1-2,6,10-11,14H,3-5,7-9,12H2,(H,21,23). The first-order valence-electron chi connectivity index (χ1n) is 9.34. The van der Waals surface area contributed by atoms with E-state index in [-0.39, 0.29) is 18.6 Å². The number of rotatable bonds is 6. The molecule has 0 spiro atoms. The van der Waals surface area contributed by atoms with E-state index in [9.17, 15) is 13.2 Å². The summed E-state index contributed by atoms with van der Waals surface area (Å²) >= 11 is 4.49. The summed E-state index contributed by atoms with van der Waals surface area (Å²) in [6, 6.07) is 7.51. The van der Waals surface area contributed by atoms with Crippen molar-refractivity contribution in [1.82, 2.24) is 9.62 Å². The third-order valence-electron chi connectivity index (χ3n) is 5.13. The topological polar surface area (TPSA) is 84.9 Å². The Morgan fingerprint density at radius 3 is 2.69 bits per heavy atom. The summed E-state index contributed by atoms with van der Waals surface area (Å²) in [6.07, 6.45) is 1.75. The lowest BCUT2D eigenvalue weighted by Gasteiger charge is -2.30. The summed E-state index contributed by atoms with van der Waals surface area (Å²) < 4.78 is 38.5. The Hall–Kier alpha value is -1.62. The number of nitrogens with one attached hydrogen (secondary N) is 1. The van der Waals surface area contributed by atoms with Crippen molar-refractivity contribution in [3.63, 3.8) is 0 Å². The molecule has 1 saturated heterocycles. The van der Waals surface area contributed by atoms with Gasteiger partial charge in [0.05, 0.1) is 0 Å². The van der Waals surface area contributed by atoms with Crippen LogP contribution in [0.15, 0.2) is 38.3 Å². The number of ether oxygens (including phenoxy) is 2. The van der Waals surface area contributed by atoms with Crippen molar-refractivity contribution in [3.8, 4) is 11.5 Å². The maximum absolute atomic E-state index is 12.7. The number of halogens is 1. The molecule has 0 radical (unpaired) electrons. The highest BCUT2D eigenvalue weighted by Gasteiger charge is 2.33. The highest BCUT2D eigenvalue weighted by molar-refractivity contribution is 9.10. The van der Waals surface area contributed by atoms with E-state index in [0.29, 0.717) is 47.6 Å². The van der Waals surface area contributed by atoms with Crippen molar-refractivity contribution in [2.75, 3.05) is 26.4 Å². The van der Waals surface area contributed by atoms with Crippen LogP contribution in [-0.2, 0) is 21.2 Å².